The third-order valence-electron chi connectivity index (χ3n) is 1.30. The first-order valence-electron chi connectivity index (χ1n) is 3.00. The van der Waals surface area contributed by atoms with Crippen molar-refractivity contribution in [1.82, 2.24) is 0 Å². The highest BCUT2D eigenvalue weighted by Gasteiger charge is 2.12. The summed E-state index contributed by atoms with van der Waals surface area (Å²) in [7, 11) is 0. The van der Waals surface area contributed by atoms with E-state index in [1.165, 1.54) is 0 Å². The summed E-state index contributed by atoms with van der Waals surface area (Å²) in [4.78, 5) is 10.6. The molecule has 1 rings (SSSR count). The first-order chi connectivity index (χ1) is 5.52. The standard InChI is InChI=1S/C7H5ClINO2/c8-4-1-3(9)2-5(10)6(4)7(11)12/h1-2H,10H2,(H,11,12). The fourth-order valence-corrected chi connectivity index (χ4v) is 1.96. The van der Waals surface area contributed by atoms with Gasteiger partial charge in [-0.25, -0.2) is 4.79 Å². The van der Waals surface area contributed by atoms with Gasteiger partial charge >= 0.3 is 5.97 Å². The average molecular weight is 297 g/mol. The minimum Gasteiger partial charge on any atom is -0.478 e. The second-order valence-corrected chi connectivity index (χ2v) is 3.81. The van der Waals surface area contributed by atoms with Crippen LogP contribution in [0.4, 0.5) is 5.69 Å². The number of hydrogen-bond donors (Lipinski definition) is 2. The zero-order chi connectivity index (χ0) is 9.30. The van der Waals surface area contributed by atoms with E-state index in [4.69, 9.17) is 22.4 Å². The molecule has 0 amide bonds. The molecule has 0 bridgehead atoms. The van der Waals surface area contributed by atoms with Gasteiger partial charge in [0.1, 0.15) is 5.56 Å². The Morgan fingerprint density at radius 1 is 1.58 bits per heavy atom. The predicted octanol–water partition coefficient (Wildman–Crippen LogP) is 2.23. The summed E-state index contributed by atoms with van der Waals surface area (Å²) < 4.78 is 0.820. The fraction of sp³-hybridized carbons (Fsp3) is 0. The van der Waals surface area contributed by atoms with Gasteiger partial charge in [-0.05, 0) is 34.7 Å². The second kappa shape index (κ2) is 3.49. The molecule has 64 valence electrons. The van der Waals surface area contributed by atoms with Gasteiger partial charge in [0.15, 0.2) is 0 Å². The lowest BCUT2D eigenvalue weighted by Gasteiger charge is -2.03. The number of halogens is 2. The van der Waals surface area contributed by atoms with Gasteiger partial charge in [0, 0.05) is 9.26 Å². The first-order valence-corrected chi connectivity index (χ1v) is 4.46. The molecule has 12 heavy (non-hydrogen) atoms. The molecular weight excluding hydrogens is 292 g/mol. The Balaban J connectivity index is 3.38. The van der Waals surface area contributed by atoms with Gasteiger partial charge in [0.2, 0.25) is 0 Å². The molecule has 3 N–H and O–H groups in total. The number of hydrogen-bond acceptors (Lipinski definition) is 2. The minimum absolute atomic E-state index is 0.0305. The van der Waals surface area contributed by atoms with Crippen molar-refractivity contribution in [2.24, 2.45) is 0 Å². The maximum absolute atomic E-state index is 10.6. The molecule has 1 aromatic carbocycles. The number of nitrogen functional groups attached to an aromatic ring is 1. The van der Waals surface area contributed by atoms with Crippen molar-refractivity contribution in [3.8, 4) is 0 Å². The molecule has 0 fully saturated rings. The monoisotopic (exact) mass is 297 g/mol. The number of benzene rings is 1. The highest BCUT2D eigenvalue weighted by atomic mass is 127. The zero-order valence-electron chi connectivity index (χ0n) is 5.84. The van der Waals surface area contributed by atoms with Crippen molar-refractivity contribution in [3.63, 3.8) is 0 Å². The van der Waals surface area contributed by atoms with E-state index in [0.29, 0.717) is 0 Å². The lowest BCUT2D eigenvalue weighted by molar-refractivity contribution is 0.0698. The van der Waals surface area contributed by atoms with Crippen LogP contribution in [0, 0.1) is 3.57 Å². The summed E-state index contributed by atoms with van der Waals surface area (Å²) in [5.74, 6) is -1.10. The van der Waals surface area contributed by atoms with Crippen LogP contribution in [0.5, 0.6) is 0 Å². The molecule has 0 radical (unpaired) electrons. The molecular formula is C7H5ClINO2. The Morgan fingerprint density at radius 2 is 2.17 bits per heavy atom. The smallest absolute Gasteiger partial charge is 0.339 e. The summed E-state index contributed by atoms with van der Waals surface area (Å²) in [5.41, 5.74) is 5.62. The average Bonchev–Trinajstić information content (AvgIpc) is 1.82. The van der Waals surface area contributed by atoms with Crippen LogP contribution >= 0.6 is 34.2 Å². The van der Waals surface area contributed by atoms with Crippen LogP contribution in [0.2, 0.25) is 5.02 Å². The maximum Gasteiger partial charge on any atom is 0.339 e. The van der Waals surface area contributed by atoms with Crippen molar-refractivity contribution in [2.75, 3.05) is 5.73 Å². The molecule has 0 aliphatic rings. The quantitative estimate of drug-likeness (QED) is 0.617. The van der Waals surface area contributed by atoms with E-state index >= 15 is 0 Å². The number of rotatable bonds is 1. The SMILES string of the molecule is Nc1cc(I)cc(Cl)c1C(=O)O. The first kappa shape index (κ1) is 9.60. The minimum atomic E-state index is -1.10. The molecule has 0 aliphatic heterocycles. The number of carboxylic acids is 1. The van der Waals surface area contributed by atoms with E-state index in [2.05, 4.69) is 0 Å². The van der Waals surface area contributed by atoms with E-state index in [1.54, 1.807) is 12.1 Å². The summed E-state index contributed by atoms with van der Waals surface area (Å²) in [5, 5.41) is 8.84. The van der Waals surface area contributed by atoms with Gasteiger partial charge in [-0.2, -0.15) is 0 Å². The van der Waals surface area contributed by atoms with Crippen LogP contribution in [-0.2, 0) is 0 Å². The van der Waals surface area contributed by atoms with Crippen LogP contribution in [0.15, 0.2) is 12.1 Å². The topological polar surface area (TPSA) is 63.3 Å². The van der Waals surface area contributed by atoms with Crippen LogP contribution in [-0.4, -0.2) is 11.1 Å². The van der Waals surface area contributed by atoms with Gasteiger partial charge in [0.05, 0.1) is 5.02 Å². The van der Waals surface area contributed by atoms with Gasteiger partial charge in [0.25, 0.3) is 0 Å². The lowest BCUT2D eigenvalue weighted by Crippen LogP contribution is -2.03. The highest BCUT2D eigenvalue weighted by Crippen LogP contribution is 2.25. The van der Waals surface area contributed by atoms with Crippen LogP contribution in [0.25, 0.3) is 0 Å². The van der Waals surface area contributed by atoms with Gasteiger partial charge in [-0.1, -0.05) is 11.6 Å². The number of carboxylic acid groups (broad SMARTS) is 1. The summed E-state index contributed by atoms with van der Waals surface area (Å²) in [6.45, 7) is 0. The van der Waals surface area contributed by atoms with E-state index < -0.39 is 5.97 Å². The van der Waals surface area contributed by atoms with Crippen LogP contribution in [0.3, 0.4) is 0 Å². The van der Waals surface area contributed by atoms with Crippen molar-refractivity contribution >= 4 is 45.8 Å². The normalized spacial score (nSPS) is 9.83. The largest absolute Gasteiger partial charge is 0.478 e. The Kier molecular flexibility index (Phi) is 2.79. The molecule has 0 heterocycles. The molecule has 0 aliphatic carbocycles. The Hall–Kier alpha value is -0.490. The molecule has 0 spiro atoms. The predicted molar refractivity (Wildman–Crippen MR) is 55.5 cm³/mol. The second-order valence-electron chi connectivity index (χ2n) is 2.16. The number of anilines is 1. The van der Waals surface area contributed by atoms with Crippen molar-refractivity contribution < 1.29 is 9.90 Å². The summed E-state index contributed by atoms with van der Waals surface area (Å²) >= 11 is 7.68. The number of nitrogens with two attached hydrogens (primary N) is 1. The molecule has 0 atom stereocenters. The van der Waals surface area contributed by atoms with Gasteiger partial charge in [-0.3, -0.25) is 0 Å². The molecule has 0 unspecified atom stereocenters. The Labute approximate surface area is 87.7 Å². The molecule has 1 aromatic rings. The molecule has 3 nitrogen and oxygen atoms in total. The van der Waals surface area contributed by atoms with E-state index in [1.807, 2.05) is 22.6 Å². The molecule has 5 heteroatoms. The number of aromatic carboxylic acids is 1. The van der Waals surface area contributed by atoms with E-state index in [-0.39, 0.29) is 16.3 Å². The Bertz CT molecular complexity index is 317. The van der Waals surface area contributed by atoms with E-state index in [0.717, 1.165) is 3.57 Å². The van der Waals surface area contributed by atoms with Crippen molar-refractivity contribution in [3.05, 3.63) is 26.3 Å². The maximum atomic E-state index is 10.6. The highest BCUT2D eigenvalue weighted by molar-refractivity contribution is 14.1. The van der Waals surface area contributed by atoms with Gasteiger partial charge in [-0.15, -0.1) is 0 Å². The van der Waals surface area contributed by atoms with Crippen LogP contribution < -0.4 is 5.73 Å². The van der Waals surface area contributed by atoms with E-state index in [9.17, 15) is 4.79 Å². The lowest BCUT2D eigenvalue weighted by atomic mass is 10.2. The summed E-state index contributed by atoms with van der Waals surface area (Å²) in [6.07, 6.45) is 0. The summed E-state index contributed by atoms with van der Waals surface area (Å²) in [6, 6.07) is 3.12. The van der Waals surface area contributed by atoms with Crippen LogP contribution in [0.1, 0.15) is 10.4 Å². The van der Waals surface area contributed by atoms with Crippen molar-refractivity contribution in [1.29, 1.82) is 0 Å². The van der Waals surface area contributed by atoms with Gasteiger partial charge < -0.3 is 10.8 Å². The molecule has 0 aromatic heterocycles. The third kappa shape index (κ3) is 1.81. The molecule has 0 saturated heterocycles. The third-order valence-corrected chi connectivity index (χ3v) is 2.22. The number of carbonyl (C=O) groups is 1. The Morgan fingerprint density at radius 3 is 2.58 bits per heavy atom. The zero-order valence-corrected chi connectivity index (χ0v) is 8.76. The molecule has 0 saturated carbocycles. The fourth-order valence-electron chi connectivity index (χ4n) is 0.819. The van der Waals surface area contributed by atoms with Crippen molar-refractivity contribution in [2.45, 2.75) is 0 Å².